The van der Waals surface area contributed by atoms with Gasteiger partial charge in [0.15, 0.2) is 16.6 Å². The van der Waals surface area contributed by atoms with Crippen molar-refractivity contribution < 1.29 is 9.42 Å². The average Bonchev–Trinajstić information content (AvgIpc) is 2.66. The van der Waals surface area contributed by atoms with Crippen LogP contribution in [-0.2, 0) is 4.52 Å². The standard InChI is InChI=1S/C22H39Cl6O2P/c23-21(24,25)17-10-5-1-3-7-13-19-14-8-12-16-20(19,30-31-29)15-9-4-2-6-11-18-22(26,27)28/h19,29,31H,1-18H2. The van der Waals surface area contributed by atoms with Crippen LogP contribution in [0.25, 0.3) is 0 Å². The Hall–Kier alpha value is 2.09. The van der Waals surface area contributed by atoms with Crippen molar-refractivity contribution in [2.45, 2.75) is 129 Å². The minimum atomic E-state index is -1.13. The highest BCUT2D eigenvalue weighted by Crippen LogP contribution is 2.46. The van der Waals surface area contributed by atoms with Crippen LogP contribution in [0.15, 0.2) is 0 Å². The van der Waals surface area contributed by atoms with Gasteiger partial charge in [-0.15, -0.1) is 0 Å². The Labute approximate surface area is 221 Å². The van der Waals surface area contributed by atoms with Crippen LogP contribution in [0.1, 0.15) is 116 Å². The lowest BCUT2D eigenvalue weighted by Crippen LogP contribution is -2.41. The molecule has 186 valence electrons. The van der Waals surface area contributed by atoms with E-state index in [-0.39, 0.29) is 5.60 Å². The van der Waals surface area contributed by atoms with Crippen LogP contribution in [-0.4, -0.2) is 18.1 Å². The van der Waals surface area contributed by atoms with Crippen LogP contribution >= 0.6 is 78.6 Å². The summed E-state index contributed by atoms with van der Waals surface area (Å²) in [4.78, 5) is 9.62. The van der Waals surface area contributed by atoms with Gasteiger partial charge >= 0.3 is 0 Å². The lowest BCUT2D eigenvalue weighted by Gasteiger charge is -2.44. The molecule has 1 saturated carbocycles. The highest BCUT2D eigenvalue weighted by Gasteiger charge is 2.40. The smallest absolute Gasteiger partial charge is 0.190 e. The zero-order chi connectivity index (χ0) is 23.2. The van der Waals surface area contributed by atoms with Crippen LogP contribution in [0.4, 0.5) is 0 Å². The maximum atomic E-state index is 9.62. The topological polar surface area (TPSA) is 29.5 Å². The van der Waals surface area contributed by atoms with E-state index in [1.807, 2.05) is 0 Å². The summed E-state index contributed by atoms with van der Waals surface area (Å²) < 4.78 is 3.83. The molecule has 0 spiro atoms. The van der Waals surface area contributed by atoms with Crippen molar-refractivity contribution in [3.63, 3.8) is 0 Å². The third-order valence-electron chi connectivity index (χ3n) is 6.47. The molecule has 0 bridgehead atoms. The molecular weight excluding hydrogens is 540 g/mol. The molecule has 0 amide bonds. The summed E-state index contributed by atoms with van der Waals surface area (Å²) in [7, 11) is -0.431. The van der Waals surface area contributed by atoms with E-state index >= 15 is 0 Å². The van der Waals surface area contributed by atoms with Gasteiger partial charge in [0.05, 0.1) is 5.60 Å². The normalized spacial score (nSPS) is 23.1. The molecule has 1 aliphatic rings. The summed E-state index contributed by atoms with van der Waals surface area (Å²) in [6.07, 6.45) is 19.3. The van der Waals surface area contributed by atoms with E-state index in [9.17, 15) is 4.89 Å². The predicted octanol–water partition coefficient (Wildman–Crippen LogP) is 10.6. The van der Waals surface area contributed by atoms with E-state index in [0.717, 1.165) is 57.8 Å². The molecule has 0 heterocycles. The van der Waals surface area contributed by atoms with Crippen LogP contribution < -0.4 is 0 Å². The Kier molecular flexibility index (Phi) is 16.8. The molecule has 0 aromatic rings. The molecule has 1 fully saturated rings. The lowest BCUT2D eigenvalue weighted by molar-refractivity contribution is -0.0315. The molecule has 1 rings (SSSR count). The summed E-state index contributed by atoms with van der Waals surface area (Å²) in [5.41, 5.74) is -0.140. The first-order valence-electron chi connectivity index (χ1n) is 11.8. The molecule has 9 heteroatoms. The van der Waals surface area contributed by atoms with Gasteiger partial charge in [0, 0.05) is 0 Å². The van der Waals surface area contributed by atoms with Crippen molar-refractivity contribution in [3.8, 4) is 0 Å². The van der Waals surface area contributed by atoms with E-state index in [0.29, 0.717) is 18.8 Å². The number of alkyl halides is 6. The van der Waals surface area contributed by atoms with Crippen molar-refractivity contribution in [1.29, 1.82) is 0 Å². The van der Waals surface area contributed by atoms with Crippen molar-refractivity contribution >= 4 is 78.6 Å². The predicted molar refractivity (Wildman–Crippen MR) is 142 cm³/mol. The van der Waals surface area contributed by atoms with E-state index in [1.165, 1.54) is 44.9 Å². The number of unbranched alkanes of at least 4 members (excludes halogenated alkanes) is 8. The fourth-order valence-corrected chi connectivity index (χ4v) is 6.18. The molecule has 3 atom stereocenters. The van der Waals surface area contributed by atoms with Gasteiger partial charge in [0.2, 0.25) is 0 Å². The minimum absolute atomic E-state index is 0.140. The van der Waals surface area contributed by atoms with Gasteiger partial charge in [0.25, 0.3) is 0 Å². The summed E-state index contributed by atoms with van der Waals surface area (Å²) in [5.74, 6) is 0.548. The molecule has 0 radical (unpaired) electrons. The average molecular weight is 579 g/mol. The quantitative estimate of drug-likeness (QED) is 0.112. The number of hydrogen-bond acceptors (Lipinski definition) is 2. The molecule has 0 aliphatic heterocycles. The van der Waals surface area contributed by atoms with Crippen molar-refractivity contribution in [2.75, 3.05) is 0 Å². The number of halogens is 6. The first-order valence-corrected chi connectivity index (χ1v) is 14.9. The van der Waals surface area contributed by atoms with Crippen LogP contribution in [0.5, 0.6) is 0 Å². The van der Waals surface area contributed by atoms with E-state index in [1.54, 1.807) is 0 Å². The summed E-state index contributed by atoms with van der Waals surface area (Å²) in [6, 6.07) is 0. The van der Waals surface area contributed by atoms with Gasteiger partial charge in [-0.05, 0) is 57.3 Å². The van der Waals surface area contributed by atoms with Crippen LogP contribution in [0, 0.1) is 5.92 Å². The SMILES string of the molecule is OPOC1(CCCCCCCC(Cl)(Cl)Cl)CCCCC1CCCCCCCC(Cl)(Cl)Cl. The lowest BCUT2D eigenvalue weighted by atomic mass is 9.70. The molecule has 31 heavy (non-hydrogen) atoms. The highest BCUT2D eigenvalue weighted by molar-refractivity contribution is 7.25. The van der Waals surface area contributed by atoms with E-state index in [2.05, 4.69) is 0 Å². The van der Waals surface area contributed by atoms with E-state index < -0.39 is 16.6 Å². The Morgan fingerprint density at radius 1 is 0.742 bits per heavy atom. The van der Waals surface area contributed by atoms with Gasteiger partial charge in [-0.1, -0.05) is 134 Å². The highest BCUT2D eigenvalue weighted by atomic mass is 35.6. The largest absolute Gasteiger partial charge is 0.352 e. The Morgan fingerprint density at radius 3 is 1.81 bits per heavy atom. The van der Waals surface area contributed by atoms with Crippen molar-refractivity contribution in [2.24, 2.45) is 5.92 Å². The fraction of sp³-hybridized carbons (Fsp3) is 1.00. The summed E-state index contributed by atoms with van der Waals surface area (Å²) in [6.45, 7) is 0. The molecular formula is C22H39Cl6O2P. The summed E-state index contributed by atoms with van der Waals surface area (Å²) in [5, 5.41) is 0. The second kappa shape index (κ2) is 16.7. The van der Waals surface area contributed by atoms with Crippen molar-refractivity contribution in [3.05, 3.63) is 0 Å². The Bertz CT molecular complexity index is 454. The zero-order valence-electron chi connectivity index (χ0n) is 18.4. The molecule has 2 nitrogen and oxygen atoms in total. The number of rotatable bonds is 16. The van der Waals surface area contributed by atoms with Gasteiger partial charge in [-0.25, -0.2) is 0 Å². The fourth-order valence-electron chi connectivity index (χ4n) is 4.82. The van der Waals surface area contributed by atoms with Gasteiger partial charge in [0.1, 0.15) is 0 Å². The molecule has 3 unspecified atom stereocenters. The maximum Gasteiger partial charge on any atom is 0.190 e. The van der Waals surface area contributed by atoms with E-state index in [4.69, 9.17) is 74.1 Å². The first-order chi connectivity index (χ1) is 14.6. The minimum Gasteiger partial charge on any atom is -0.352 e. The molecule has 1 N–H and O–H groups in total. The van der Waals surface area contributed by atoms with Crippen LogP contribution in [0.2, 0.25) is 0 Å². The Morgan fingerprint density at radius 2 is 1.26 bits per heavy atom. The molecule has 0 aromatic carbocycles. The maximum absolute atomic E-state index is 9.62. The second-order valence-corrected chi connectivity index (χ2v) is 14.4. The van der Waals surface area contributed by atoms with Crippen LogP contribution in [0.3, 0.4) is 0 Å². The first kappa shape index (κ1) is 31.1. The zero-order valence-corrected chi connectivity index (χ0v) is 24.0. The number of hydrogen-bond donors (Lipinski definition) is 1. The summed E-state index contributed by atoms with van der Waals surface area (Å²) >= 11 is 34.9. The second-order valence-electron chi connectivity index (χ2n) is 9.01. The van der Waals surface area contributed by atoms with Gasteiger partial charge in [-0.2, -0.15) is 0 Å². The van der Waals surface area contributed by atoms with Gasteiger partial charge in [-0.3, -0.25) is 0 Å². The third-order valence-corrected chi connectivity index (χ3v) is 8.10. The molecule has 0 saturated heterocycles. The van der Waals surface area contributed by atoms with Gasteiger partial charge < -0.3 is 9.42 Å². The molecule has 1 aliphatic carbocycles. The van der Waals surface area contributed by atoms with Crippen molar-refractivity contribution in [1.82, 2.24) is 0 Å². The Balaban J connectivity index is 2.33. The third kappa shape index (κ3) is 15.6. The molecule has 0 aromatic heterocycles. The monoisotopic (exact) mass is 576 g/mol.